The van der Waals surface area contributed by atoms with Crippen molar-refractivity contribution in [3.8, 4) is 0 Å². The Bertz CT molecular complexity index is 1060. The van der Waals surface area contributed by atoms with Crippen LogP contribution in [0.15, 0.2) is 60.7 Å². The molecule has 6 nitrogen and oxygen atoms in total. The number of benzene rings is 3. The molecule has 3 rings (SSSR count). The molecule has 0 aliphatic carbocycles. The van der Waals surface area contributed by atoms with Crippen LogP contribution in [0, 0.1) is 6.92 Å². The van der Waals surface area contributed by atoms with Crippen molar-refractivity contribution in [3.63, 3.8) is 0 Å². The number of fused-ring (bicyclic) bond motifs is 1. The highest BCUT2D eigenvalue weighted by Crippen LogP contribution is 2.25. The quantitative estimate of drug-likeness (QED) is 0.484. The van der Waals surface area contributed by atoms with E-state index in [1.165, 1.54) is 0 Å². The molecule has 0 unspecified atom stereocenters. The number of hydrogen-bond acceptors (Lipinski definition) is 4. The Morgan fingerprint density at radius 2 is 1.77 bits per heavy atom. The molecule has 0 radical (unpaired) electrons. The van der Waals surface area contributed by atoms with Crippen LogP contribution in [0.2, 0.25) is 0 Å². The Balaban J connectivity index is 1.78. The second-order valence-corrected chi connectivity index (χ2v) is 7.47. The van der Waals surface area contributed by atoms with Gasteiger partial charge in [-0.25, -0.2) is 0 Å². The fourth-order valence-corrected chi connectivity index (χ4v) is 3.47. The van der Waals surface area contributed by atoms with Crippen LogP contribution in [0.25, 0.3) is 10.8 Å². The first kappa shape index (κ1) is 21.5. The van der Waals surface area contributed by atoms with E-state index in [4.69, 9.17) is 11.5 Å². The predicted octanol–water partition coefficient (Wildman–Crippen LogP) is 3.25. The van der Waals surface area contributed by atoms with Gasteiger partial charge in [0.05, 0.1) is 12.1 Å². The maximum absolute atomic E-state index is 13.0. The van der Waals surface area contributed by atoms with Gasteiger partial charge in [-0.1, -0.05) is 48.5 Å². The monoisotopic (exact) mass is 404 g/mol. The standard InChI is InChI=1S/C24H28N4O2/c1-15-10-11-18(28-24(30)22(26)12-13-25)14-21(15)23(29)27-16(2)19-9-5-7-17-6-3-4-8-20(17)19/h3-11,14,16,22H,12-13,25-26H2,1-2H3,(H,27,29)(H,28,30)/t16-,22+/m1/s1. The molecular weight excluding hydrogens is 376 g/mol. The van der Waals surface area contributed by atoms with Gasteiger partial charge in [-0.05, 0) is 60.8 Å². The zero-order chi connectivity index (χ0) is 21.7. The molecule has 0 heterocycles. The van der Waals surface area contributed by atoms with Crippen molar-refractivity contribution in [1.82, 2.24) is 5.32 Å². The van der Waals surface area contributed by atoms with Gasteiger partial charge in [-0.15, -0.1) is 0 Å². The molecule has 0 spiro atoms. The van der Waals surface area contributed by atoms with E-state index in [1.807, 2.05) is 44.2 Å². The fraction of sp³-hybridized carbons (Fsp3) is 0.250. The van der Waals surface area contributed by atoms with Crippen molar-refractivity contribution in [1.29, 1.82) is 0 Å². The summed E-state index contributed by atoms with van der Waals surface area (Å²) in [6.45, 7) is 4.16. The summed E-state index contributed by atoms with van der Waals surface area (Å²) in [6, 6.07) is 18.5. The third-order valence-electron chi connectivity index (χ3n) is 5.20. The molecule has 0 aliphatic rings. The minimum Gasteiger partial charge on any atom is -0.345 e. The lowest BCUT2D eigenvalue weighted by atomic mass is 9.99. The summed E-state index contributed by atoms with van der Waals surface area (Å²) >= 11 is 0. The van der Waals surface area contributed by atoms with Crippen molar-refractivity contribution in [3.05, 3.63) is 77.4 Å². The van der Waals surface area contributed by atoms with Gasteiger partial charge in [0.15, 0.2) is 0 Å². The van der Waals surface area contributed by atoms with E-state index in [0.29, 0.717) is 24.2 Å². The molecule has 3 aromatic rings. The van der Waals surface area contributed by atoms with Gasteiger partial charge in [0.2, 0.25) is 5.91 Å². The summed E-state index contributed by atoms with van der Waals surface area (Å²) < 4.78 is 0. The van der Waals surface area contributed by atoms with Crippen LogP contribution < -0.4 is 22.1 Å². The largest absolute Gasteiger partial charge is 0.345 e. The molecule has 2 amide bonds. The van der Waals surface area contributed by atoms with Crippen LogP contribution >= 0.6 is 0 Å². The highest BCUT2D eigenvalue weighted by atomic mass is 16.2. The van der Waals surface area contributed by atoms with Crippen LogP contribution in [-0.4, -0.2) is 24.4 Å². The SMILES string of the molecule is Cc1ccc(NC(=O)[C@@H](N)CCN)cc1C(=O)N[C@H](C)c1cccc2ccccc12. The Morgan fingerprint density at radius 1 is 1.03 bits per heavy atom. The molecular formula is C24H28N4O2. The third kappa shape index (κ3) is 4.84. The number of rotatable bonds is 7. The van der Waals surface area contributed by atoms with Gasteiger partial charge in [0, 0.05) is 11.3 Å². The molecule has 0 saturated carbocycles. The number of carbonyl (C=O) groups is 2. The van der Waals surface area contributed by atoms with Crippen molar-refractivity contribution in [2.45, 2.75) is 32.4 Å². The number of carbonyl (C=O) groups excluding carboxylic acids is 2. The van der Waals surface area contributed by atoms with E-state index in [2.05, 4.69) is 28.8 Å². The van der Waals surface area contributed by atoms with Crippen molar-refractivity contribution in [2.24, 2.45) is 11.5 Å². The molecule has 0 bridgehead atoms. The summed E-state index contributed by atoms with van der Waals surface area (Å²) in [5, 5.41) is 8.08. The van der Waals surface area contributed by atoms with Crippen LogP contribution in [0.3, 0.4) is 0 Å². The molecule has 0 fully saturated rings. The summed E-state index contributed by atoms with van der Waals surface area (Å²) in [5.41, 5.74) is 14.2. The molecule has 0 aromatic heterocycles. The molecule has 30 heavy (non-hydrogen) atoms. The lowest BCUT2D eigenvalue weighted by molar-refractivity contribution is -0.117. The fourth-order valence-electron chi connectivity index (χ4n) is 3.47. The Kier molecular flexibility index (Phi) is 6.82. The summed E-state index contributed by atoms with van der Waals surface area (Å²) in [5.74, 6) is -0.518. The topological polar surface area (TPSA) is 110 Å². The molecule has 0 aliphatic heterocycles. The molecule has 3 aromatic carbocycles. The summed E-state index contributed by atoms with van der Waals surface area (Å²) in [7, 11) is 0. The first-order valence-corrected chi connectivity index (χ1v) is 10.1. The van der Waals surface area contributed by atoms with E-state index in [0.717, 1.165) is 21.9 Å². The zero-order valence-electron chi connectivity index (χ0n) is 17.3. The van der Waals surface area contributed by atoms with Gasteiger partial charge in [-0.2, -0.15) is 0 Å². The first-order valence-electron chi connectivity index (χ1n) is 10.1. The Morgan fingerprint density at radius 3 is 2.53 bits per heavy atom. The summed E-state index contributed by atoms with van der Waals surface area (Å²) in [6.07, 6.45) is 0.396. The highest BCUT2D eigenvalue weighted by Gasteiger charge is 2.17. The van der Waals surface area contributed by atoms with Gasteiger partial charge >= 0.3 is 0 Å². The van der Waals surface area contributed by atoms with Crippen molar-refractivity contribution >= 4 is 28.3 Å². The molecule has 0 saturated heterocycles. The van der Waals surface area contributed by atoms with E-state index < -0.39 is 6.04 Å². The predicted molar refractivity (Wildman–Crippen MR) is 121 cm³/mol. The third-order valence-corrected chi connectivity index (χ3v) is 5.20. The average Bonchev–Trinajstić information content (AvgIpc) is 2.74. The van der Waals surface area contributed by atoms with E-state index >= 15 is 0 Å². The molecule has 6 N–H and O–H groups in total. The van der Waals surface area contributed by atoms with Gasteiger partial charge in [0.25, 0.3) is 5.91 Å². The molecule has 6 heteroatoms. The maximum Gasteiger partial charge on any atom is 0.252 e. The van der Waals surface area contributed by atoms with Crippen molar-refractivity contribution in [2.75, 3.05) is 11.9 Å². The molecule has 2 atom stereocenters. The van der Waals surface area contributed by atoms with Crippen LogP contribution in [0.4, 0.5) is 5.69 Å². The average molecular weight is 405 g/mol. The number of aryl methyl sites for hydroxylation is 1. The summed E-state index contributed by atoms with van der Waals surface area (Å²) in [4.78, 5) is 25.2. The minimum absolute atomic E-state index is 0.181. The van der Waals surface area contributed by atoms with E-state index in [9.17, 15) is 9.59 Å². The van der Waals surface area contributed by atoms with E-state index in [-0.39, 0.29) is 17.9 Å². The van der Waals surface area contributed by atoms with Gasteiger partial charge < -0.3 is 22.1 Å². The lowest BCUT2D eigenvalue weighted by Crippen LogP contribution is -2.37. The second-order valence-electron chi connectivity index (χ2n) is 7.47. The normalized spacial score (nSPS) is 12.9. The smallest absolute Gasteiger partial charge is 0.252 e. The van der Waals surface area contributed by atoms with Crippen LogP contribution in [-0.2, 0) is 4.79 Å². The number of nitrogens with two attached hydrogens (primary N) is 2. The number of hydrogen-bond donors (Lipinski definition) is 4. The number of nitrogens with one attached hydrogen (secondary N) is 2. The van der Waals surface area contributed by atoms with E-state index in [1.54, 1.807) is 12.1 Å². The lowest BCUT2D eigenvalue weighted by Gasteiger charge is -2.18. The zero-order valence-corrected chi connectivity index (χ0v) is 17.3. The van der Waals surface area contributed by atoms with Gasteiger partial charge in [-0.3, -0.25) is 9.59 Å². The number of anilines is 1. The second kappa shape index (κ2) is 9.52. The Labute approximate surface area is 176 Å². The van der Waals surface area contributed by atoms with Gasteiger partial charge in [0.1, 0.15) is 0 Å². The highest BCUT2D eigenvalue weighted by molar-refractivity contribution is 5.99. The minimum atomic E-state index is -0.681. The Hall–Kier alpha value is -3.22. The van der Waals surface area contributed by atoms with Crippen LogP contribution in [0.1, 0.15) is 40.9 Å². The number of amides is 2. The first-order chi connectivity index (χ1) is 14.4. The van der Waals surface area contributed by atoms with Crippen LogP contribution in [0.5, 0.6) is 0 Å². The molecule has 156 valence electrons. The van der Waals surface area contributed by atoms with Crippen molar-refractivity contribution < 1.29 is 9.59 Å². The maximum atomic E-state index is 13.0.